The van der Waals surface area contributed by atoms with Gasteiger partial charge in [-0.25, -0.2) is 26.5 Å². The van der Waals surface area contributed by atoms with Crippen LogP contribution < -0.4 is 9.44 Å². The fraction of sp³-hybridized carbons (Fsp3) is 0.185. The molecule has 1 aromatic heterocycles. The second-order valence-electron chi connectivity index (χ2n) is 9.60. The van der Waals surface area contributed by atoms with E-state index in [2.05, 4.69) is 14.7 Å². The molecule has 3 N–H and O–H groups in total. The van der Waals surface area contributed by atoms with Gasteiger partial charge in [-0.1, -0.05) is 54.1 Å². The summed E-state index contributed by atoms with van der Waals surface area (Å²) in [6.07, 6.45) is -3.47. The van der Waals surface area contributed by atoms with E-state index < -0.39 is 53.9 Å². The second kappa shape index (κ2) is 11.2. The van der Waals surface area contributed by atoms with Crippen molar-refractivity contribution in [2.75, 3.05) is 0 Å². The number of hydrogen-bond acceptors (Lipinski definition) is 6. The number of hydrogen-bond donors (Lipinski definition) is 3. The number of H-pyrrole nitrogens is 1. The van der Waals surface area contributed by atoms with Crippen LogP contribution in [-0.4, -0.2) is 32.7 Å². The van der Waals surface area contributed by atoms with Gasteiger partial charge >= 0.3 is 6.18 Å². The first-order valence-corrected chi connectivity index (χ1v) is 15.8. The molecule has 1 aliphatic rings. The molecule has 0 spiro atoms. The summed E-state index contributed by atoms with van der Waals surface area (Å²) in [6, 6.07) is 15.3. The molecular formula is C27H22ClF3N4O5S2. The van der Waals surface area contributed by atoms with Gasteiger partial charge in [-0.3, -0.25) is 9.52 Å². The lowest BCUT2D eigenvalue weighted by Gasteiger charge is -2.18. The topological polar surface area (TPSA) is 138 Å². The molecule has 1 amide bonds. The Bertz CT molecular complexity index is 1840. The summed E-state index contributed by atoms with van der Waals surface area (Å²) in [6.45, 7) is 0. The lowest BCUT2D eigenvalue weighted by molar-refractivity contribution is -0.137. The first-order chi connectivity index (χ1) is 19.7. The highest BCUT2D eigenvalue weighted by atomic mass is 35.5. The third kappa shape index (κ3) is 6.51. The van der Waals surface area contributed by atoms with Gasteiger partial charge in [0.25, 0.3) is 0 Å². The van der Waals surface area contributed by atoms with Crippen molar-refractivity contribution in [2.24, 2.45) is 0 Å². The molecule has 9 nitrogen and oxygen atoms in total. The average molecular weight is 639 g/mol. The summed E-state index contributed by atoms with van der Waals surface area (Å²) in [5.41, 5.74) is 1.08. The van der Waals surface area contributed by atoms with Gasteiger partial charge in [0.2, 0.25) is 26.0 Å². The van der Waals surface area contributed by atoms with E-state index in [1.807, 2.05) is 4.72 Å². The molecule has 2 unspecified atom stereocenters. The zero-order valence-corrected chi connectivity index (χ0v) is 23.8. The van der Waals surface area contributed by atoms with Crippen molar-refractivity contribution < 1.29 is 34.8 Å². The summed E-state index contributed by atoms with van der Waals surface area (Å²) >= 11 is 5.96. The lowest BCUT2D eigenvalue weighted by atomic mass is 10.0. The number of amides is 1. The highest BCUT2D eigenvalue weighted by Gasteiger charge is 2.38. The van der Waals surface area contributed by atoms with Crippen LogP contribution >= 0.6 is 11.6 Å². The summed E-state index contributed by atoms with van der Waals surface area (Å²) in [5, 5.41) is -0.541. The van der Waals surface area contributed by atoms with Crippen LogP contribution in [0.3, 0.4) is 0 Å². The van der Waals surface area contributed by atoms with Gasteiger partial charge in [-0.05, 0) is 53.4 Å². The van der Waals surface area contributed by atoms with Crippen molar-refractivity contribution in [2.45, 2.75) is 35.2 Å². The third-order valence-corrected chi connectivity index (χ3v) is 10.1. The monoisotopic (exact) mass is 638 g/mol. The Hall–Kier alpha value is -3.72. The molecule has 0 radical (unpaired) electrons. The van der Waals surface area contributed by atoms with E-state index in [-0.39, 0.29) is 18.7 Å². The Labute approximate surface area is 244 Å². The molecule has 15 heteroatoms. The van der Waals surface area contributed by atoms with E-state index in [0.717, 1.165) is 18.2 Å². The quantitative estimate of drug-likeness (QED) is 0.251. The van der Waals surface area contributed by atoms with Crippen molar-refractivity contribution in [3.8, 4) is 11.3 Å². The number of aromatic amines is 1. The summed E-state index contributed by atoms with van der Waals surface area (Å²) in [5.74, 6) is -0.421. The maximum absolute atomic E-state index is 13.3. The maximum atomic E-state index is 13.3. The number of alkyl halides is 3. The van der Waals surface area contributed by atoms with Gasteiger partial charge in [-0.2, -0.15) is 13.2 Å². The minimum atomic E-state index is -4.74. The minimum Gasteiger partial charge on any atom is -0.341 e. The fourth-order valence-corrected chi connectivity index (χ4v) is 7.33. The zero-order valence-electron chi connectivity index (χ0n) is 21.4. The van der Waals surface area contributed by atoms with E-state index in [1.54, 1.807) is 36.4 Å². The van der Waals surface area contributed by atoms with Crippen molar-refractivity contribution in [3.05, 3.63) is 107 Å². The predicted molar refractivity (Wildman–Crippen MR) is 148 cm³/mol. The third-order valence-electron chi connectivity index (χ3n) is 6.64. The predicted octanol–water partition coefficient (Wildman–Crippen LogP) is 4.90. The number of carbonyl (C=O) groups excluding carboxylic acids is 1. The number of sulfonamides is 2. The normalized spacial score (nSPS) is 17.6. The number of rotatable bonds is 8. The molecule has 3 aromatic carbocycles. The molecule has 42 heavy (non-hydrogen) atoms. The number of nitrogens with zero attached hydrogens (tertiary/aromatic N) is 1. The summed E-state index contributed by atoms with van der Waals surface area (Å²) in [4.78, 5) is 18.4. The molecule has 0 bridgehead atoms. The lowest BCUT2D eigenvalue weighted by Crippen LogP contribution is -2.31. The number of carbonyl (C=O) groups is 1. The van der Waals surface area contributed by atoms with Crippen LogP contribution in [0.4, 0.5) is 13.2 Å². The molecule has 5 rings (SSSR count). The van der Waals surface area contributed by atoms with Gasteiger partial charge in [0.1, 0.15) is 11.1 Å². The summed E-state index contributed by atoms with van der Waals surface area (Å²) < 4.78 is 95.3. The van der Waals surface area contributed by atoms with Gasteiger partial charge in [0.05, 0.1) is 34.8 Å². The Balaban J connectivity index is 1.47. The van der Waals surface area contributed by atoms with Gasteiger partial charge < -0.3 is 4.98 Å². The molecule has 0 saturated carbocycles. The highest BCUT2D eigenvalue weighted by molar-refractivity contribution is 7.90. The van der Waals surface area contributed by atoms with E-state index >= 15 is 0 Å². The molecule has 2 heterocycles. The molecule has 1 saturated heterocycles. The first-order valence-electron chi connectivity index (χ1n) is 12.3. The van der Waals surface area contributed by atoms with Crippen LogP contribution in [0.2, 0.25) is 5.02 Å². The Morgan fingerprint density at radius 1 is 1.05 bits per heavy atom. The number of nitrogens with one attached hydrogen (secondary N) is 3. The highest BCUT2D eigenvalue weighted by Crippen LogP contribution is 2.32. The standard InChI is InChI=1S/C27H22ClF3N4O5S2/c28-20-10-8-17(9-11-20)23-15-32-26(33-23)22(34-41(37,38)21-3-1-2-19(13-21)27(29,30)31)12-16-4-6-18(7-5-16)24-14-25(36)35-42(24,39)40/h1-11,13,15,22,24,34H,12,14H2,(H,32,33)(H,35,36). The zero-order chi connectivity index (χ0) is 30.3. The number of benzene rings is 3. The molecule has 4 aromatic rings. The van der Waals surface area contributed by atoms with Gasteiger partial charge in [0.15, 0.2) is 0 Å². The van der Waals surface area contributed by atoms with Crippen molar-refractivity contribution in [3.63, 3.8) is 0 Å². The van der Waals surface area contributed by atoms with E-state index in [0.29, 0.717) is 33.5 Å². The molecule has 1 aliphatic heterocycles. The van der Waals surface area contributed by atoms with Crippen LogP contribution in [0.25, 0.3) is 11.3 Å². The van der Waals surface area contributed by atoms with Crippen molar-refractivity contribution in [1.82, 2.24) is 19.4 Å². The Kier molecular flexibility index (Phi) is 7.91. The smallest absolute Gasteiger partial charge is 0.341 e. The van der Waals surface area contributed by atoms with Gasteiger partial charge in [0, 0.05) is 5.02 Å². The van der Waals surface area contributed by atoms with E-state index in [9.17, 15) is 34.8 Å². The van der Waals surface area contributed by atoms with Crippen LogP contribution in [0, 0.1) is 0 Å². The van der Waals surface area contributed by atoms with Crippen LogP contribution in [0.15, 0.2) is 83.9 Å². The summed E-state index contributed by atoms with van der Waals surface area (Å²) in [7, 11) is -8.32. The molecule has 220 valence electrons. The van der Waals surface area contributed by atoms with Crippen LogP contribution in [0.1, 0.15) is 40.2 Å². The number of imidazole rings is 1. The number of halogens is 4. The molecule has 1 fully saturated rings. The average Bonchev–Trinajstić information content (AvgIpc) is 3.52. The van der Waals surface area contributed by atoms with E-state index in [4.69, 9.17) is 11.6 Å². The SMILES string of the molecule is O=C1CC(c2ccc(CC(NS(=O)(=O)c3cccc(C(F)(F)F)c3)c3ncc(-c4ccc(Cl)cc4)[nH]3)cc2)S(=O)(=O)N1. The maximum Gasteiger partial charge on any atom is 0.416 e. The Morgan fingerprint density at radius 3 is 2.36 bits per heavy atom. The van der Waals surface area contributed by atoms with Gasteiger partial charge in [-0.15, -0.1) is 0 Å². The van der Waals surface area contributed by atoms with Crippen LogP contribution in [-0.2, 0) is 37.4 Å². The molecule has 2 atom stereocenters. The fourth-order valence-electron chi connectivity index (χ4n) is 4.53. The largest absolute Gasteiger partial charge is 0.416 e. The second-order valence-corrected chi connectivity index (χ2v) is 13.6. The van der Waals surface area contributed by atoms with E-state index in [1.165, 1.54) is 18.3 Å². The van der Waals surface area contributed by atoms with Crippen LogP contribution in [0.5, 0.6) is 0 Å². The molecule has 0 aliphatic carbocycles. The van der Waals surface area contributed by atoms with Crippen molar-refractivity contribution >= 4 is 37.6 Å². The molecular weight excluding hydrogens is 617 g/mol. The number of aromatic nitrogens is 2. The first kappa shape index (κ1) is 29.8. The Morgan fingerprint density at radius 2 is 1.74 bits per heavy atom. The minimum absolute atomic E-state index is 0.000635. The van der Waals surface area contributed by atoms with Crippen molar-refractivity contribution in [1.29, 1.82) is 0 Å².